The van der Waals surface area contributed by atoms with Crippen molar-refractivity contribution in [1.82, 2.24) is 4.90 Å². The van der Waals surface area contributed by atoms with Gasteiger partial charge >= 0.3 is 18.0 Å². The molecule has 1 unspecified atom stereocenters. The number of alkyl halides is 7. The molecule has 0 aliphatic carbocycles. The van der Waals surface area contributed by atoms with Crippen molar-refractivity contribution in [2.75, 3.05) is 13.8 Å². The van der Waals surface area contributed by atoms with Crippen LogP contribution in [-0.4, -0.2) is 54.5 Å². The Bertz CT molecular complexity index is 779. The van der Waals surface area contributed by atoms with Gasteiger partial charge in [0.25, 0.3) is 5.91 Å². The van der Waals surface area contributed by atoms with Crippen LogP contribution in [0.5, 0.6) is 11.5 Å². The summed E-state index contributed by atoms with van der Waals surface area (Å²) in [5, 5.41) is 0. The molecular weight excluding hydrogens is 403 g/mol. The summed E-state index contributed by atoms with van der Waals surface area (Å²) in [6.07, 6.45) is -6.97. The van der Waals surface area contributed by atoms with Crippen molar-refractivity contribution >= 4 is 11.7 Å². The van der Waals surface area contributed by atoms with E-state index in [1.54, 1.807) is 0 Å². The Morgan fingerprint density at radius 3 is 2.18 bits per heavy atom. The summed E-state index contributed by atoms with van der Waals surface area (Å²) in [7, 11) is 0.557. The number of rotatable bonds is 6. The number of carbonyl (C=O) groups is 2. The van der Waals surface area contributed by atoms with E-state index in [-0.39, 0.29) is 29.4 Å². The molecule has 0 saturated carbocycles. The van der Waals surface area contributed by atoms with Crippen LogP contribution in [0.25, 0.3) is 0 Å². The summed E-state index contributed by atoms with van der Waals surface area (Å²) >= 11 is 0. The minimum atomic E-state index is -6.66. The minimum absolute atomic E-state index is 0.105. The van der Waals surface area contributed by atoms with E-state index in [1.165, 1.54) is 25.1 Å². The summed E-state index contributed by atoms with van der Waals surface area (Å²) in [5.41, 5.74) is -0.123. The number of hydrogen-bond donors (Lipinski definition) is 0. The van der Waals surface area contributed by atoms with Gasteiger partial charge in [-0.2, -0.15) is 30.7 Å². The number of likely N-dealkylation sites (N-methyl/N-ethyl adjacent to an activating group) is 1. The lowest BCUT2D eigenvalue weighted by Crippen LogP contribution is -2.61. The summed E-state index contributed by atoms with van der Waals surface area (Å²) < 4.78 is 101. The second-order valence-corrected chi connectivity index (χ2v) is 5.92. The van der Waals surface area contributed by atoms with Gasteiger partial charge < -0.3 is 14.4 Å². The number of fused-ring (bicyclic) bond motifs is 1. The normalized spacial score (nSPS) is 15.3. The van der Waals surface area contributed by atoms with Crippen LogP contribution in [0, 0.1) is 0 Å². The Kier molecular flexibility index (Phi) is 5.55. The molecule has 0 saturated heterocycles. The number of halogens is 7. The second kappa shape index (κ2) is 7.13. The number of nitrogens with zero attached hydrogens (tertiary/aromatic N) is 1. The third-order valence-electron chi connectivity index (χ3n) is 4.15. The third-order valence-corrected chi connectivity index (χ3v) is 4.15. The smallest absolute Gasteiger partial charge is 0.454 e. The van der Waals surface area contributed by atoms with E-state index in [4.69, 9.17) is 9.47 Å². The van der Waals surface area contributed by atoms with Crippen molar-refractivity contribution in [3.63, 3.8) is 0 Å². The van der Waals surface area contributed by atoms with Gasteiger partial charge in [-0.25, -0.2) is 0 Å². The fraction of sp³-hybridized carbons (Fsp3) is 0.500. The van der Waals surface area contributed by atoms with Crippen LogP contribution in [0.1, 0.15) is 23.7 Å². The highest BCUT2D eigenvalue weighted by Gasteiger charge is 2.77. The topological polar surface area (TPSA) is 55.8 Å². The monoisotopic (exact) mass is 417 g/mol. The van der Waals surface area contributed by atoms with Crippen molar-refractivity contribution in [1.29, 1.82) is 0 Å². The van der Waals surface area contributed by atoms with Gasteiger partial charge in [0.1, 0.15) is 0 Å². The molecule has 0 bridgehead atoms. The number of Topliss-reactive ketones (excluding diaryl/α,β-unsaturated/α-hetero) is 1. The standard InChI is InChI=1S/C16H14F7NO4/c1-3-9(12(25)8-4-5-10-11(6-8)28-7-27-10)24(2)13(26)14(17,18)15(19,20)16(21,22)23/h4-6,9H,3,7H2,1-2H3. The number of carbonyl (C=O) groups excluding carboxylic acids is 2. The first-order valence-corrected chi connectivity index (χ1v) is 7.79. The van der Waals surface area contributed by atoms with Gasteiger partial charge in [-0.15, -0.1) is 0 Å². The molecule has 1 aromatic rings. The SMILES string of the molecule is CCC(C(=O)c1ccc2c(c1)OCO2)N(C)C(=O)C(F)(F)C(F)(F)C(F)(F)F. The summed E-state index contributed by atoms with van der Waals surface area (Å²) in [6.45, 7) is 1.15. The lowest BCUT2D eigenvalue weighted by molar-refractivity contribution is -0.345. The highest BCUT2D eigenvalue weighted by Crippen LogP contribution is 2.47. The van der Waals surface area contributed by atoms with Crippen molar-refractivity contribution < 1.29 is 49.8 Å². The molecule has 1 atom stereocenters. The molecule has 0 spiro atoms. The number of hydrogen-bond acceptors (Lipinski definition) is 4. The van der Waals surface area contributed by atoms with Crippen LogP contribution in [0.3, 0.4) is 0 Å². The molecule has 0 fully saturated rings. The van der Waals surface area contributed by atoms with Crippen LogP contribution in [0.4, 0.5) is 30.7 Å². The van der Waals surface area contributed by atoms with Gasteiger partial charge in [-0.1, -0.05) is 6.92 Å². The van der Waals surface area contributed by atoms with Gasteiger partial charge in [0.15, 0.2) is 17.3 Å². The predicted molar refractivity (Wildman–Crippen MR) is 79.7 cm³/mol. The minimum Gasteiger partial charge on any atom is -0.454 e. The van der Waals surface area contributed by atoms with E-state index >= 15 is 0 Å². The van der Waals surface area contributed by atoms with E-state index in [0.29, 0.717) is 12.8 Å². The highest BCUT2D eigenvalue weighted by molar-refractivity contribution is 6.03. The molecule has 156 valence electrons. The maximum Gasteiger partial charge on any atom is 0.460 e. The van der Waals surface area contributed by atoms with Gasteiger partial charge in [-0.3, -0.25) is 9.59 Å². The number of ether oxygens (including phenoxy) is 2. The maximum absolute atomic E-state index is 13.7. The number of benzene rings is 1. The molecule has 1 aromatic carbocycles. The molecule has 1 heterocycles. The zero-order chi connectivity index (χ0) is 21.5. The fourth-order valence-corrected chi connectivity index (χ4v) is 2.55. The van der Waals surface area contributed by atoms with Crippen molar-refractivity contribution in [2.24, 2.45) is 0 Å². The second-order valence-electron chi connectivity index (χ2n) is 5.92. The van der Waals surface area contributed by atoms with Gasteiger partial charge in [0, 0.05) is 12.6 Å². The summed E-state index contributed by atoms with van der Waals surface area (Å²) in [6, 6.07) is 2.03. The molecule has 0 radical (unpaired) electrons. The molecule has 2 rings (SSSR count). The van der Waals surface area contributed by atoms with Crippen LogP contribution in [0.15, 0.2) is 18.2 Å². The first-order chi connectivity index (χ1) is 12.8. The molecule has 28 heavy (non-hydrogen) atoms. The van der Waals surface area contributed by atoms with Crippen LogP contribution >= 0.6 is 0 Å². The van der Waals surface area contributed by atoms with Crippen LogP contribution in [-0.2, 0) is 4.79 Å². The van der Waals surface area contributed by atoms with E-state index in [2.05, 4.69) is 0 Å². The van der Waals surface area contributed by atoms with Gasteiger partial charge in [0.05, 0.1) is 6.04 Å². The van der Waals surface area contributed by atoms with Crippen molar-refractivity contribution in [3.8, 4) is 11.5 Å². The van der Waals surface area contributed by atoms with E-state index < -0.39 is 35.8 Å². The quantitative estimate of drug-likeness (QED) is 0.524. The third kappa shape index (κ3) is 3.47. The first kappa shape index (κ1) is 21.8. The molecular formula is C16H14F7NO4. The fourth-order valence-electron chi connectivity index (χ4n) is 2.55. The molecule has 12 heteroatoms. The molecule has 5 nitrogen and oxygen atoms in total. The largest absolute Gasteiger partial charge is 0.460 e. The van der Waals surface area contributed by atoms with Crippen molar-refractivity contribution in [2.45, 2.75) is 37.4 Å². The Hall–Kier alpha value is -2.53. The first-order valence-electron chi connectivity index (χ1n) is 7.79. The van der Waals surface area contributed by atoms with Crippen LogP contribution in [0.2, 0.25) is 0 Å². The number of ketones is 1. The summed E-state index contributed by atoms with van der Waals surface area (Å²) in [5.74, 6) is -16.0. The molecule has 0 aromatic heterocycles. The summed E-state index contributed by atoms with van der Waals surface area (Å²) in [4.78, 5) is 24.2. The Morgan fingerprint density at radius 1 is 1.07 bits per heavy atom. The number of amides is 1. The Labute approximate surface area is 154 Å². The zero-order valence-electron chi connectivity index (χ0n) is 14.4. The van der Waals surface area contributed by atoms with E-state index in [9.17, 15) is 40.3 Å². The lowest BCUT2D eigenvalue weighted by atomic mass is 9.99. The van der Waals surface area contributed by atoms with Gasteiger partial charge in [-0.05, 0) is 24.6 Å². The Balaban J connectivity index is 2.30. The predicted octanol–water partition coefficient (Wildman–Crippen LogP) is 3.67. The average Bonchev–Trinajstić information content (AvgIpc) is 3.07. The van der Waals surface area contributed by atoms with Crippen molar-refractivity contribution in [3.05, 3.63) is 23.8 Å². The zero-order valence-corrected chi connectivity index (χ0v) is 14.4. The maximum atomic E-state index is 13.7. The molecule has 1 amide bonds. The van der Waals surface area contributed by atoms with E-state index in [1.807, 2.05) is 0 Å². The average molecular weight is 417 g/mol. The van der Waals surface area contributed by atoms with E-state index in [0.717, 1.165) is 0 Å². The molecule has 0 N–H and O–H groups in total. The lowest BCUT2D eigenvalue weighted by Gasteiger charge is -2.33. The highest BCUT2D eigenvalue weighted by atomic mass is 19.4. The van der Waals surface area contributed by atoms with Crippen LogP contribution < -0.4 is 9.47 Å². The molecule has 1 aliphatic rings. The Morgan fingerprint density at radius 2 is 1.64 bits per heavy atom. The molecule has 1 aliphatic heterocycles. The van der Waals surface area contributed by atoms with Gasteiger partial charge in [0.2, 0.25) is 6.79 Å².